The molecule has 2 fully saturated rings. The Morgan fingerprint density at radius 3 is 2.61 bits per heavy atom. The first-order chi connectivity index (χ1) is 19.7. The van der Waals surface area contributed by atoms with Crippen LogP contribution in [-0.2, 0) is 36.3 Å². The first-order valence-electron chi connectivity index (χ1n) is 13.0. The first-order valence-corrected chi connectivity index (χ1v) is 14.6. The fourth-order valence-corrected chi connectivity index (χ4v) is 5.79. The molecule has 0 spiro atoms. The van der Waals surface area contributed by atoms with E-state index < -0.39 is 15.6 Å². The van der Waals surface area contributed by atoms with Gasteiger partial charge < -0.3 is 18.6 Å². The van der Waals surface area contributed by atoms with E-state index in [2.05, 4.69) is 16.8 Å². The highest BCUT2D eigenvalue weighted by atomic mass is 32.2. The van der Waals surface area contributed by atoms with Crippen LogP contribution >= 0.6 is 0 Å². The Morgan fingerprint density at radius 2 is 1.88 bits per heavy atom. The van der Waals surface area contributed by atoms with Crippen molar-refractivity contribution in [1.29, 1.82) is 0 Å². The number of halogens is 1. The highest BCUT2D eigenvalue weighted by molar-refractivity contribution is 7.89. The Kier molecular flexibility index (Phi) is 7.23. The van der Waals surface area contributed by atoms with Crippen molar-refractivity contribution in [3.63, 3.8) is 0 Å². The van der Waals surface area contributed by atoms with Crippen LogP contribution in [0.1, 0.15) is 29.9 Å². The zero-order valence-electron chi connectivity index (χ0n) is 22.2. The van der Waals surface area contributed by atoms with E-state index in [1.165, 1.54) is 24.3 Å². The van der Waals surface area contributed by atoms with Gasteiger partial charge in [-0.1, -0.05) is 42.3 Å². The molecule has 0 amide bonds. The highest BCUT2D eigenvalue weighted by Crippen LogP contribution is 2.44. The Labute approximate surface area is 237 Å². The summed E-state index contributed by atoms with van der Waals surface area (Å²) in [5.74, 6) is 6.23. The molecule has 2 aliphatic heterocycles. The van der Waals surface area contributed by atoms with Gasteiger partial charge in [0.2, 0.25) is 10.0 Å². The van der Waals surface area contributed by atoms with Gasteiger partial charge in [0.1, 0.15) is 17.1 Å². The van der Waals surface area contributed by atoms with Crippen molar-refractivity contribution in [1.82, 2.24) is 4.98 Å². The van der Waals surface area contributed by atoms with Crippen molar-refractivity contribution >= 4 is 10.0 Å². The number of methoxy groups -OCH3 is 1. The van der Waals surface area contributed by atoms with Crippen molar-refractivity contribution in [3.05, 3.63) is 95.6 Å². The molecule has 2 N–H and O–H groups in total. The summed E-state index contributed by atoms with van der Waals surface area (Å²) in [6, 6.07) is 20.3. The molecule has 2 saturated heterocycles. The maximum absolute atomic E-state index is 14.7. The summed E-state index contributed by atoms with van der Waals surface area (Å²) in [5, 5.41) is 5.24. The number of rotatable bonds is 6. The Bertz CT molecular complexity index is 1740. The Hall–Kier alpha value is -3.85. The molecular formula is C31H27FN2O6S. The van der Waals surface area contributed by atoms with Crippen LogP contribution in [0.2, 0.25) is 0 Å². The summed E-state index contributed by atoms with van der Waals surface area (Å²) in [7, 11) is -2.18. The van der Waals surface area contributed by atoms with Gasteiger partial charge in [-0.05, 0) is 53.4 Å². The van der Waals surface area contributed by atoms with Gasteiger partial charge in [0.05, 0.1) is 17.6 Å². The van der Waals surface area contributed by atoms with Crippen LogP contribution in [0.25, 0.3) is 22.6 Å². The minimum atomic E-state index is -3.83. The summed E-state index contributed by atoms with van der Waals surface area (Å²) in [6.07, 6.45) is 1.07. The molecule has 2 bridgehead atoms. The molecule has 0 unspecified atom stereocenters. The second kappa shape index (κ2) is 10.9. The number of aromatic nitrogens is 1. The molecule has 3 heterocycles. The van der Waals surface area contributed by atoms with E-state index in [0.29, 0.717) is 47.6 Å². The van der Waals surface area contributed by atoms with E-state index in [-0.39, 0.29) is 35.4 Å². The van der Waals surface area contributed by atoms with Gasteiger partial charge in [0, 0.05) is 37.5 Å². The predicted molar refractivity (Wildman–Crippen MR) is 148 cm³/mol. The fraction of sp³-hybridized carbons (Fsp3) is 0.258. The first kappa shape index (κ1) is 27.3. The number of oxazole rings is 1. The quantitative estimate of drug-likeness (QED) is 0.330. The summed E-state index contributed by atoms with van der Waals surface area (Å²) in [4.78, 5) is 4.60. The molecule has 8 nitrogen and oxygen atoms in total. The normalized spacial score (nSPS) is 21.8. The van der Waals surface area contributed by atoms with E-state index in [0.717, 1.165) is 5.56 Å². The molecule has 41 heavy (non-hydrogen) atoms. The molecule has 3 atom stereocenters. The van der Waals surface area contributed by atoms with Gasteiger partial charge in [-0.25, -0.2) is 22.9 Å². The summed E-state index contributed by atoms with van der Waals surface area (Å²) < 4.78 is 61.6. The zero-order chi connectivity index (χ0) is 28.6. The summed E-state index contributed by atoms with van der Waals surface area (Å²) in [5.41, 5.74) is 2.61. The maximum atomic E-state index is 14.7. The van der Waals surface area contributed by atoms with Gasteiger partial charge >= 0.3 is 0 Å². The molecule has 3 aromatic carbocycles. The molecule has 10 heteroatoms. The third kappa shape index (κ3) is 5.68. The van der Waals surface area contributed by atoms with Crippen molar-refractivity contribution in [3.8, 4) is 34.4 Å². The lowest BCUT2D eigenvalue weighted by molar-refractivity contribution is -0.162. The van der Waals surface area contributed by atoms with Crippen LogP contribution in [0.15, 0.2) is 82.1 Å². The van der Waals surface area contributed by atoms with E-state index in [1.807, 2.05) is 36.4 Å². The number of hydrogen-bond acceptors (Lipinski definition) is 7. The van der Waals surface area contributed by atoms with Crippen LogP contribution in [0.5, 0.6) is 0 Å². The maximum Gasteiger partial charge on any atom is 0.274 e. The third-order valence-corrected chi connectivity index (χ3v) is 8.23. The summed E-state index contributed by atoms with van der Waals surface area (Å²) >= 11 is 0. The largest absolute Gasteiger partial charge is 0.429 e. The number of sulfonamides is 1. The number of fused-ring (bicyclic) bond motifs is 2. The molecule has 1 aromatic heterocycles. The van der Waals surface area contributed by atoms with Crippen LogP contribution in [-0.4, -0.2) is 39.5 Å². The van der Waals surface area contributed by atoms with E-state index >= 15 is 0 Å². The van der Waals surface area contributed by atoms with Crippen LogP contribution in [0.4, 0.5) is 4.39 Å². The number of nitrogens with zero attached hydrogens (tertiary/aromatic N) is 1. The van der Waals surface area contributed by atoms with Gasteiger partial charge in [-0.15, -0.1) is 0 Å². The Balaban J connectivity index is 1.29. The number of ether oxygens (including phenoxy) is 3. The second-order valence-corrected chi connectivity index (χ2v) is 11.7. The summed E-state index contributed by atoms with van der Waals surface area (Å²) in [6.45, 7) is 0.339. The molecule has 2 aliphatic rings. The minimum Gasteiger partial charge on any atom is -0.429 e. The van der Waals surface area contributed by atoms with Crippen molar-refractivity contribution in [2.24, 2.45) is 5.14 Å². The average molecular weight is 575 g/mol. The van der Waals surface area contributed by atoms with E-state index in [4.69, 9.17) is 23.8 Å². The highest BCUT2D eigenvalue weighted by Gasteiger charge is 2.49. The van der Waals surface area contributed by atoms with Gasteiger partial charge in [-0.3, -0.25) is 0 Å². The molecule has 6 rings (SSSR count). The van der Waals surface area contributed by atoms with Crippen LogP contribution in [0.3, 0.4) is 0 Å². The SMILES string of the molecule is CO[C@@H]1C[C@@H]2OC[C@@](c3cc(F)cc(CC#Cc4nc(-c5ccccc5)c(-c5ccc(S(N)(=O)=O)cc5)o4)c3)(C1)O2. The van der Waals surface area contributed by atoms with E-state index in [1.54, 1.807) is 19.2 Å². The monoisotopic (exact) mass is 574 g/mol. The van der Waals surface area contributed by atoms with Crippen LogP contribution < -0.4 is 5.14 Å². The second-order valence-electron chi connectivity index (χ2n) is 10.1. The van der Waals surface area contributed by atoms with Crippen molar-refractivity contribution in [2.45, 2.75) is 42.2 Å². The fourth-order valence-electron chi connectivity index (χ4n) is 5.28. The molecule has 210 valence electrons. The number of benzene rings is 3. The molecule has 0 saturated carbocycles. The number of nitrogens with two attached hydrogens (primary N) is 1. The topological polar surface area (TPSA) is 114 Å². The van der Waals surface area contributed by atoms with Gasteiger partial charge in [0.15, 0.2) is 12.1 Å². The van der Waals surface area contributed by atoms with E-state index in [9.17, 15) is 12.8 Å². The van der Waals surface area contributed by atoms with Gasteiger partial charge in [-0.2, -0.15) is 0 Å². The van der Waals surface area contributed by atoms with Crippen molar-refractivity contribution < 1.29 is 31.4 Å². The average Bonchev–Trinajstić information content (AvgIpc) is 3.53. The predicted octanol–water partition coefficient (Wildman–Crippen LogP) is 4.77. The number of primary sulfonamides is 1. The van der Waals surface area contributed by atoms with Crippen LogP contribution in [0, 0.1) is 17.7 Å². The lowest BCUT2D eigenvalue weighted by Crippen LogP contribution is -2.39. The Morgan fingerprint density at radius 1 is 1.10 bits per heavy atom. The van der Waals surface area contributed by atoms with Crippen molar-refractivity contribution in [2.75, 3.05) is 13.7 Å². The molecule has 0 aliphatic carbocycles. The lowest BCUT2D eigenvalue weighted by atomic mass is 9.85. The molecule has 4 aromatic rings. The number of hydrogen-bond donors (Lipinski definition) is 1. The lowest BCUT2D eigenvalue weighted by Gasteiger charge is -2.35. The zero-order valence-corrected chi connectivity index (χ0v) is 23.0. The smallest absolute Gasteiger partial charge is 0.274 e. The van der Waals surface area contributed by atoms with Gasteiger partial charge in [0.25, 0.3) is 5.89 Å². The minimum absolute atomic E-state index is 0.00732. The molecular weight excluding hydrogens is 547 g/mol. The standard InChI is InChI=1S/C31H27FN2O6S/c1-37-25-17-28-38-19-31(18-25,40-28)23-14-20(15-24(32)16-23)6-5-9-27-34-29(21-7-3-2-4-8-21)30(39-27)22-10-12-26(13-11-22)41(33,35)36/h2-4,7-8,10-16,25,28H,6,17-19H2,1H3,(H2,33,35,36)/t25-,28-,31-/m1/s1. The third-order valence-electron chi connectivity index (χ3n) is 7.30. The molecule has 0 radical (unpaired) electrons.